The van der Waals surface area contributed by atoms with Crippen LogP contribution in [0.5, 0.6) is 0 Å². The Morgan fingerprint density at radius 1 is 1.09 bits per heavy atom. The second-order valence-corrected chi connectivity index (χ2v) is 5.60. The zero-order valence-electron chi connectivity index (χ0n) is 12.4. The van der Waals surface area contributed by atoms with Crippen LogP contribution in [0.1, 0.15) is 27.6 Å². The fourth-order valence-electron chi connectivity index (χ4n) is 2.36. The van der Waals surface area contributed by atoms with E-state index in [0.29, 0.717) is 16.1 Å². The van der Waals surface area contributed by atoms with Gasteiger partial charge in [0.15, 0.2) is 6.10 Å². The molecule has 0 spiro atoms. The van der Waals surface area contributed by atoms with Gasteiger partial charge in [0.2, 0.25) is 5.78 Å². The summed E-state index contributed by atoms with van der Waals surface area (Å²) in [5.74, 6) is -0.799. The van der Waals surface area contributed by atoms with E-state index in [2.05, 4.69) is 4.98 Å². The molecule has 0 aliphatic carbocycles. The van der Waals surface area contributed by atoms with Crippen molar-refractivity contribution in [3.8, 4) is 0 Å². The molecule has 5 heteroatoms. The second-order valence-electron chi connectivity index (χ2n) is 5.17. The minimum absolute atomic E-state index is 0.246. The normalized spacial score (nSPS) is 12.1. The van der Waals surface area contributed by atoms with Gasteiger partial charge in [-0.15, -0.1) is 0 Å². The van der Waals surface area contributed by atoms with Gasteiger partial charge in [0.25, 0.3) is 0 Å². The van der Waals surface area contributed by atoms with E-state index in [-0.39, 0.29) is 5.78 Å². The molecule has 1 atom stereocenters. The number of fused-ring (bicyclic) bond motifs is 1. The minimum atomic E-state index is -0.877. The quantitative estimate of drug-likeness (QED) is 0.575. The van der Waals surface area contributed by atoms with E-state index in [4.69, 9.17) is 16.3 Å². The van der Waals surface area contributed by atoms with Gasteiger partial charge in [0, 0.05) is 27.7 Å². The zero-order chi connectivity index (χ0) is 16.4. The smallest absolute Gasteiger partial charge is 0.338 e. The highest BCUT2D eigenvalue weighted by Gasteiger charge is 2.22. The number of carbonyl (C=O) groups is 2. The number of benzene rings is 2. The molecule has 0 bridgehead atoms. The zero-order valence-corrected chi connectivity index (χ0v) is 13.1. The molecule has 116 valence electrons. The van der Waals surface area contributed by atoms with Crippen LogP contribution in [0.4, 0.5) is 0 Å². The summed E-state index contributed by atoms with van der Waals surface area (Å²) in [6.45, 7) is 1.57. The maximum atomic E-state index is 12.5. The molecule has 2 aromatic carbocycles. The van der Waals surface area contributed by atoms with Crippen molar-refractivity contribution in [1.29, 1.82) is 0 Å². The van der Waals surface area contributed by atoms with Crippen LogP contribution < -0.4 is 0 Å². The average Bonchev–Trinajstić information content (AvgIpc) is 2.98. The van der Waals surface area contributed by atoms with Gasteiger partial charge < -0.3 is 9.72 Å². The first-order chi connectivity index (χ1) is 11.1. The number of ether oxygens (including phenoxy) is 1. The fraction of sp³-hybridized carbons (Fsp3) is 0.111. The first kappa shape index (κ1) is 15.3. The number of nitrogens with one attached hydrogen (secondary N) is 1. The number of halogens is 1. The van der Waals surface area contributed by atoms with E-state index in [1.54, 1.807) is 37.4 Å². The molecule has 1 aromatic heterocycles. The molecular weight excluding hydrogens is 314 g/mol. The second kappa shape index (κ2) is 6.26. The Morgan fingerprint density at radius 2 is 1.78 bits per heavy atom. The standard InChI is InChI=1S/C18H14ClNO3/c1-11(23-18(22)12-6-8-13(19)9-7-12)17(21)15-10-20-16-5-3-2-4-14(15)16/h2-11,20H,1H3/t11-/m0/s1. The molecule has 4 nitrogen and oxygen atoms in total. The summed E-state index contributed by atoms with van der Waals surface area (Å²) in [6.07, 6.45) is 0.761. The summed E-state index contributed by atoms with van der Waals surface area (Å²) in [6, 6.07) is 13.8. The van der Waals surface area contributed by atoms with Crippen LogP contribution in [0, 0.1) is 0 Å². The number of aromatic nitrogens is 1. The molecule has 1 heterocycles. The van der Waals surface area contributed by atoms with Crippen molar-refractivity contribution in [2.24, 2.45) is 0 Å². The lowest BCUT2D eigenvalue weighted by atomic mass is 10.1. The van der Waals surface area contributed by atoms with Crippen molar-refractivity contribution < 1.29 is 14.3 Å². The van der Waals surface area contributed by atoms with Crippen LogP contribution >= 0.6 is 11.6 Å². The number of rotatable bonds is 4. The Balaban J connectivity index is 1.77. The Hall–Kier alpha value is -2.59. The number of ketones is 1. The van der Waals surface area contributed by atoms with Gasteiger partial charge in [-0.3, -0.25) is 4.79 Å². The third-order valence-corrected chi connectivity index (χ3v) is 3.84. The van der Waals surface area contributed by atoms with E-state index in [9.17, 15) is 9.59 Å². The highest BCUT2D eigenvalue weighted by Crippen LogP contribution is 2.20. The monoisotopic (exact) mass is 327 g/mol. The molecule has 1 N–H and O–H groups in total. The van der Waals surface area contributed by atoms with Crippen LogP contribution in [0.3, 0.4) is 0 Å². The Bertz CT molecular complexity index is 867. The molecule has 3 rings (SSSR count). The van der Waals surface area contributed by atoms with Crippen molar-refractivity contribution in [1.82, 2.24) is 4.98 Å². The first-order valence-electron chi connectivity index (χ1n) is 7.13. The molecule has 0 saturated carbocycles. The summed E-state index contributed by atoms with van der Waals surface area (Å²) >= 11 is 5.79. The van der Waals surface area contributed by atoms with Crippen LogP contribution in [0.25, 0.3) is 10.9 Å². The number of hydrogen-bond donors (Lipinski definition) is 1. The number of H-pyrrole nitrogens is 1. The number of carbonyl (C=O) groups excluding carboxylic acids is 2. The molecule has 0 amide bonds. The summed E-state index contributed by atoms with van der Waals surface area (Å²) in [5.41, 5.74) is 1.73. The Labute approximate surface area is 138 Å². The number of esters is 1. The maximum absolute atomic E-state index is 12.5. The number of Topliss-reactive ketones (excluding diaryl/α,β-unsaturated/α-hetero) is 1. The topological polar surface area (TPSA) is 59.2 Å². The van der Waals surface area contributed by atoms with E-state index < -0.39 is 12.1 Å². The van der Waals surface area contributed by atoms with Gasteiger partial charge in [0.1, 0.15) is 0 Å². The summed E-state index contributed by atoms with van der Waals surface area (Å²) in [4.78, 5) is 27.6. The van der Waals surface area contributed by atoms with Crippen LogP contribution in [0.15, 0.2) is 54.7 Å². The third kappa shape index (κ3) is 3.12. The molecule has 0 saturated heterocycles. The molecule has 0 unspecified atom stereocenters. The minimum Gasteiger partial charge on any atom is -0.451 e. The third-order valence-electron chi connectivity index (χ3n) is 3.59. The van der Waals surface area contributed by atoms with Gasteiger partial charge in [-0.1, -0.05) is 29.8 Å². The first-order valence-corrected chi connectivity index (χ1v) is 7.51. The van der Waals surface area contributed by atoms with E-state index in [0.717, 1.165) is 10.9 Å². The van der Waals surface area contributed by atoms with Crippen molar-refractivity contribution >= 4 is 34.3 Å². The van der Waals surface area contributed by atoms with E-state index in [1.165, 1.54) is 0 Å². The summed E-state index contributed by atoms with van der Waals surface area (Å²) in [5, 5.41) is 1.34. The number of para-hydroxylation sites is 1. The van der Waals surface area contributed by atoms with Gasteiger partial charge in [-0.25, -0.2) is 4.79 Å². The SMILES string of the molecule is C[C@H](OC(=O)c1ccc(Cl)cc1)C(=O)c1c[nH]c2ccccc12. The van der Waals surface area contributed by atoms with Crippen molar-refractivity contribution in [3.05, 3.63) is 70.9 Å². The van der Waals surface area contributed by atoms with E-state index in [1.807, 2.05) is 24.3 Å². The van der Waals surface area contributed by atoms with E-state index >= 15 is 0 Å². The molecule has 0 aliphatic heterocycles. The molecule has 3 aromatic rings. The van der Waals surface area contributed by atoms with Crippen molar-refractivity contribution in [2.75, 3.05) is 0 Å². The largest absolute Gasteiger partial charge is 0.451 e. The lowest BCUT2D eigenvalue weighted by Gasteiger charge is -2.12. The van der Waals surface area contributed by atoms with Crippen molar-refractivity contribution in [2.45, 2.75) is 13.0 Å². The van der Waals surface area contributed by atoms with Crippen LogP contribution in [-0.4, -0.2) is 22.8 Å². The number of hydrogen-bond acceptors (Lipinski definition) is 3. The summed E-state index contributed by atoms with van der Waals surface area (Å²) in [7, 11) is 0. The molecule has 0 aliphatic rings. The predicted molar refractivity (Wildman–Crippen MR) is 89.0 cm³/mol. The van der Waals surface area contributed by atoms with Gasteiger partial charge >= 0.3 is 5.97 Å². The molecule has 0 radical (unpaired) electrons. The number of aromatic amines is 1. The fourth-order valence-corrected chi connectivity index (χ4v) is 2.49. The lowest BCUT2D eigenvalue weighted by molar-refractivity contribution is 0.0319. The van der Waals surface area contributed by atoms with Crippen molar-refractivity contribution in [3.63, 3.8) is 0 Å². The molecular formula is C18H14ClNO3. The van der Waals surface area contributed by atoms with Gasteiger partial charge in [-0.2, -0.15) is 0 Å². The lowest BCUT2D eigenvalue weighted by Crippen LogP contribution is -2.24. The highest BCUT2D eigenvalue weighted by atomic mass is 35.5. The van der Waals surface area contributed by atoms with Crippen LogP contribution in [0.2, 0.25) is 5.02 Å². The summed E-state index contributed by atoms with van der Waals surface area (Å²) < 4.78 is 5.27. The van der Waals surface area contributed by atoms with Crippen LogP contribution in [-0.2, 0) is 4.74 Å². The molecule has 23 heavy (non-hydrogen) atoms. The molecule has 0 fully saturated rings. The average molecular weight is 328 g/mol. The maximum Gasteiger partial charge on any atom is 0.338 e. The predicted octanol–water partition coefficient (Wildman–Crippen LogP) is 4.25. The Morgan fingerprint density at radius 3 is 2.52 bits per heavy atom. The van der Waals surface area contributed by atoms with Gasteiger partial charge in [0.05, 0.1) is 5.56 Å². The Kier molecular flexibility index (Phi) is 4.17. The van der Waals surface area contributed by atoms with Gasteiger partial charge in [-0.05, 0) is 37.3 Å². The highest BCUT2D eigenvalue weighted by molar-refractivity contribution is 6.30.